The molecule has 21 heavy (non-hydrogen) atoms. The highest BCUT2D eigenvalue weighted by molar-refractivity contribution is 7.80. The van der Waals surface area contributed by atoms with Crippen molar-refractivity contribution in [3.8, 4) is 11.5 Å². The second-order valence-corrected chi connectivity index (χ2v) is 5.38. The summed E-state index contributed by atoms with van der Waals surface area (Å²) in [5, 5.41) is 2.01. The lowest BCUT2D eigenvalue weighted by Gasteiger charge is -2.12. The molecule has 0 radical (unpaired) electrons. The van der Waals surface area contributed by atoms with E-state index >= 15 is 0 Å². The first-order valence-electron chi connectivity index (χ1n) is 6.71. The molecule has 0 bridgehead atoms. The maximum absolute atomic E-state index is 6.02. The lowest BCUT2D eigenvalue weighted by atomic mass is 10.0. The molecule has 0 saturated carbocycles. The Kier molecular flexibility index (Phi) is 3.59. The number of nitrogens with two attached hydrogens (primary N) is 1. The summed E-state index contributed by atoms with van der Waals surface area (Å²) in [7, 11) is 0. The van der Waals surface area contributed by atoms with Crippen molar-refractivity contribution in [2.45, 2.75) is 6.92 Å². The van der Waals surface area contributed by atoms with Crippen molar-refractivity contribution in [3.05, 3.63) is 71.8 Å². The Morgan fingerprint density at radius 2 is 1.71 bits per heavy atom. The number of thiocarbonyl (C=S) groups is 1. The van der Waals surface area contributed by atoms with Crippen LogP contribution in [0.1, 0.15) is 11.1 Å². The van der Waals surface area contributed by atoms with Crippen molar-refractivity contribution in [3.63, 3.8) is 0 Å². The molecular weight excluding hydrogens is 278 g/mol. The van der Waals surface area contributed by atoms with Crippen LogP contribution in [0.15, 0.2) is 60.7 Å². The summed E-state index contributed by atoms with van der Waals surface area (Å²) in [6, 6.07) is 19.8. The average molecular weight is 293 g/mol. The van der Waals surface area contributed by atoms with Gasteiger partial charge in [0.15, 0.2) is 0 Å². The van der Waals surface area contributed by atoms with Crippen LogP contribution in [0.2, 0.25) is 0 Å². The van der Waals surface area contributed by atoms with Crippen molar-refractivity contribution in [1.29, 1.82) is 0 Å². The first-order chi connectivity index (χ1) is 10.1. The minimum atomic E-state index is 0.397. The molecule has 0 aliphatic rings. The third-order valence-corrected chi connectivity index (χ3v) is 3.59. The first-order valence-corrected chi connectivity index (χ1v) is 7.12. The molecule has 0 spiro atoms. The van der Waals surface area contributed by atoms with E-state index in [0.717, 1.165) is 33.4 Å². The van der Waals surface area contributed by atoms with Crippen LogP contribution in [0.5, 0.6) is 11.5 Å². The first kappa shape index (κ1) is 13.6. The molecule has 3 heteroatoms. The van der Waals surface area contributed by atoms with Gasteiger partial charge in [0.25, 0.3) is 0 Å². The Bertz CT molecular complexity index is 826. The third kappa shape index (κ3) is 2.73. The minimum Gasteiger partial charge on any atom is -0.457 e. The molecule has 3 aromatic rings. The summed E-state index contributed by atoms with van der Waals surface area (Å²) >= 11 is 5.12. The van der Waals surface area contributed by atoms with Gasteiger partial charge in [-0.2, -0.15) is 0 Å². The molecule has 0 saturated heterocycles. The highest BCUT2D eigenvalue weighted by atomic mass is 32.1. The van der Waals surface area contributed by atoms with Crippen molar-refractivity contribution >= 4 is 28.0 Å². The van der Waals surface area contributed by atoms with Crippen LogP contribution < -0.4 is 10.5 Å². The van der Waals surface area contributed by atoms with E-state index in [0.29, 0.717) is 4.99 Å². The fourth-order valence-corrected chi connectivity index (χ4v) is 2.56. The summed E-state index contributed by atoms with van der Waals surface area (Å²) in [5.74, 6) is 1.62. The topological polar surface area (TPSA) is 35.2 Å². The van der Waals surface area contributed by atoms with Gasteiger partial charge in [-0.15, -0.1) is 0 Å². The average Bonchev–Trinajstić information content (AvgIpc) is 2.47. The van der Waals surface area contributed by atoms with E-state index < -0.39 is 0 Å². The number of aryl methyl sites for hydroxylation is 1. The fraction of sp³-hybridized carbons (Fsp3) is 0.0556. The number of rotatable bonds is 3. The van der Waals surface area contributed by atoms with E-state index in [1.54, 1.807) is 0 Å². The molecule has 0 aliphatic heterocycles. The third-order valence-electron chi connectivity index (χ3n) is 3.37. The lowest BCUT2D eigenvalue weighted by molar-refractivity contribution is 0.488. The van der Waals surface area contributed by atoms with Gasteiger partial charge in [-0.3, -0.25) is 0 Å². The Morgan fingerprint density at radius 3 is 2.43 bits per heavy atom. The minimum absolute atomic E-state index is 0.397. The number of benzene rings is 3. The molecule has 0 unspecified atom stereocenters. The molecule has 2 N–H and O–H groups in total. The van der Waals surface area contributed by atoms with Gasteiger partial charge in [0.05, 0.1) is 0 Å². The highest BCUT2D eigenvalue weighted by Crippen LogP contribution is 2.32. The van der Waals surface area contributed by atoms with E-state index in [9.17, 15) is 0 Å². The molecule has 0 amide bonds. The molecule has 0 atom stereocenters. The maximum Gasteiger partial charge on any atom is 0.135 e. The molecule has 104 valence electrons. The highest BCUT2D eigenvalue weighted by Gasteiger charge is 2.09. The van der Waals surface area contributed by atoms with Gasteiger partial charge in [-0.05, 0) is 42.1 Å². The maximum atomic E-state index is 6.02. The molecule has 2 nitrogen and oxygen atoms in total. The zero-order chi connectivity index (χ0) is 14.8. The van der Waals surface area contributed by atoms with E-state index in [2.05, 4.69) is 0 Å². The van der Waals surface area contributed by atoms with Crippen molar-refractivity contribution in [1.82, 2.24) is 0 Å². The van der Waals surface area contributed by atoms with E-state index in [1.165, 1.54) is 0 Å². The smallest absolute Gasteiger partial charge is 0.135 e. The SMILES string of the molecule is Cc1cccc(Oc2ccc(C(N)=S)c3ccccc23)c1. The second kappa shape index (κ2) is 5.54. The number of hydrogen-bond acceptors (Lipinski definition) is 2. The Balaban J connectivity index is 2.12. The van der Waals surface area contributed by atoms with Crippen molar-refractivity contribution < 1.29 is 4.74 Å². The molecule has 0 heterocycles. The molecular formula is C18H15NOS. The van der Waals surface area contributed by atoms with Gasteiger partial charge in [-0.1, -0.05) is 48.6 Å². The van der Waals surface area contributed by atoms with Crippen LogP contribution in [0.25, 0.3) is 10.8 Å². The van der Waals surface area contributed by atoms with Crippen molar-refractivity contribution in [2.75, 3.05) is 0 Å². The fourth-order valence-electron chi connectivity index (χ4n) is 2.38. The summed E-state index contributed by atoms with van der Waals surface area (Å²) < 4.78 is 6.02. The number of ether oxygens (including phenoxy) is 1. The van der Waals surface area contributed by atoms with Gasteiger partial charge in [-0.25, -0.2) is 0 Å². The van der Waals surface area contributed by atoms with Crippen molar-refractivity contribution in [2.24, 2.45) is 5.73 Å². The molecule has 0 aromatic heterocycles. The monoisotopic (exact) mass is 293 g/mol. The molecule has 3 rings (SSSR count). The Labute approximate surface area is 129 Å². The second-order valence-electron chi connectivity index (χ2n) is 4.94. The van der Waals surface area contributed by atoms with Crippen LogP contribution in [0, 0.1) is 6.92 Å². The van der Waals surface area contributed by atoms with Crippen LogP contribution in [0.4, 0.5) is 0 Å². The van der Waals surface area contributed by atoms with E-state index in [-0.39, 0.29) is 0 Å². The predicted molar refractivity (Wildman–Crippen MR) is 91.1 cm³/mol. The lowest BCUT2D eigenvalue weighted by Crippen LogP contribution is -2.09. The van der Waals surface area contributed by atoms with Crippen LogP contribution in [0.3, 0.4) is 0 Å². The molecule has 0 aliphatic carbocycles. The van der Waals surface area contributed by atoms with Gasteiger partial charge in [0, 0.05) is 10.9 Å². The predicted octanol–water partition coefficient (Wildman–Crippen LogP) is 4.57. The summed E-state index contributed by atoms with van der Waals surface area (Å²) in [6.07, 6.45) is 0. The van der Waals surface area contributed by atoms with Gasteiger partial charge in [0.1, 0.15) is 16.5 Å². The summed E-state index contributed by atoms with van der Waals surface area (Å²) in [5.41, 5.74) is 7.83. The molecule has 0 fully saturated rings. The van der Waals surface area contributed by atoms with Gasteiger partial charge < -0.3 is 10.5 Å². The standard InChI is InChI=1S/C18H15NOS/c1-12-5-4-6-13(11-12)20-17-10-9-16(18(19)21)14-7-2-3-8-15(14)17/h2-11H,1H3,(H2,19,21). The normalized spacial score (nSPS) is 10.5. The largest absolute Gasteiger partial charge is 0.457 e. The quantitative estimate of drug-likeness (QED) is 0.718. The Hall–Kier alpha value is -2.39. The zero-order valence-electron chi connectivity index (χ0n) is 11.7. The summed E-state index contributed by atoms with van der Waals surface area (Å²) in [4.78, 5) is 0.397. The van der Waals surface area contributed by atoms with Crippen LogP contribution >= 0.6 is 12.2 Å². The Morgan fingerprint density at radius 1 is 0.952 bits per heavy atom. The van der Waals surface area contributed by atoms with E-state index in [1.807, 2.05) is 67.6 Å². The van der Waals surface area contributed by atoms with E-state index in [4.69, 9.17) is 22.7 Å². The number of hydrogen-bond donors (Lipinski definition) is 1. The van der Waals surface area contributed by atoms with Gasteiger partial charge in [0.2, 0.25) is 0 Å². The number of fused-ring (bicyclic) bond motifs is 1. The molecule has 3 aromatic carbocycles. The summed E-state index contributed by atoms with van der Waals surface area (Å²) in [6.45, 7) is 2.04. The zero-order valence-corrected chi connectivity index (χ0v) is 12.5. The van der Waals surface area contributed by atoms with Crippen LogP contribution in [-0.2, 0) is 0 Å². The van der Waals surface area contributed by atoms with Gasteiger partial charge >= 0.3 is 0 Å². The van der Waals surface area contributed by atoms with Crippen LogP contribution in [-0.4, -0.2) is 4.99 Å².